The molecule has 1 amide bonds. The molecule has 0 spiro atoms. The first-order chi connectivity index (χ1) is 11.2. The van der Waals surface area contributed by atoms with Crippen molar-refractivity contribution in [1.29, 1.82) is 0 Å². The SMILES string of the molecule is C[C@H]1CN(C(=O)CN(C2CC2)C2Cc3ccccc3C2)CCO1. The first-order valence-electron chi connectivity index (χ1n) is 8.92. The molecule has 1 saturated heterocycles. The van der Waals surface area contributed by atoms with Crippen LogP contribution in [0.25, 0.3) is 0 Å². The molecule has 124 valence electrons. The zero-order valence-corrected chi connectivity index (χ0v) is 13.9. The minimum absolute atomic E-state index is 0.165. The Morgan fingerprint density at radius 1 is 1.22 bits per heavy atom. The molecule has 2 fully saturated rings. The summed E-state index contributed by atoms with van der Waals surface area (Å²) in [6, 6.07) is 9.86. The van der Waals surface area contributed by atoms with Crippen molar-refractivity contribution in [2.24, 2.45) is 0 Å². The Kier molecular flexibility index (Phi) is 4.12. The highest BCUT2D eigenvalue weighted by Crippen LogP contribution is 2.34. The van der Waals surface area contributed by atoms with Gasteiger partial charge in [-0.05, 0) is 43.7 Å². The quantitative estimate of drug-likeness (QED) is 0.850. The van der Waals surface area contributed by atoms with Crippen molar-refractivity contribution in [3.05, 3.63) is 35.4 Å². The molecule has 4 nitrogen and oxygen atoms in total. The minimum atomic E-state index is 0.165. The average molecular weight is 314 g/mol. The fourth-order valence-corrected chi connectivity index (χ4v) is 4.03. The second kappa shape index (κ2) is 6.25. The molecule has 23 heavy (non-hydrogen) atoms. The van der Waals surface area contributed by atoms with E-state index in [-0.39, 0.29) is 12.0 Å². The van der Waals surface area contributed by atoms with Crippen molar-refractivity contribution < 1.29 is 9.53 Å². The van der Waals surface area contributed by atoms with E-state index in [0.29, 0.717) is 25.2 Å². The molecule has 1 saturated carbocycles. The molecular formula is C19H26N2O2. The molecule has 1 heterocycles. The summed E-state index contributed by atoms with van der Waals surface area (Å²) in [5, 5.41) is 0. The van der Waals surface area contributed by atoms with E-state index in [2.05, 4.69) is 29.2 Å². The highest BCUT2D eigenvalue weighted by atomic mass is 16.5. The van der Waals surface area contributed by atoms with Gasteiger partial charge in [-0.3, -0.25) is 9.69 Å². The van der Waals surface area contributed by atoms with Gasteiger partial charge in [0.1, 0.15) is 0 Å². The van der Waals surface area contributed by atoms with Crippen molar-refractivity contribution in [2.45, 2.75) is 50.8 Å². The minimum Gasteiger partial charge on any atom is -0.375 e. The first kappa shape index (κ1) is 15.2. The van der Waals surface area contributed by atoms with Crippen molar-refractivity contribution in [3.8, 4) is 0 Å². The smallest absolute Gasteiger partial charge is 0.236 e. The van der Waals surface area contributed by atoms with Gasteiger partial charge in [0.25, 0.3) is 0 Å². The molecule has 3 aliphatic rings. The van der Waals surface area contributed by atoms with Gasteiger partial charge in [-0.15, -0.1) is 0 Å². The zero-order valence-electron chi connectivity index (χ0n) is 13.9. The van der Waals surface area contributed by atoms with Gasteiger partial charge >= 0.3 is 0 Å². The molecule has 4 rings (SSSR count). The monoisotopic (exact) mass is 314 g/mol. The number of nitrogens with zero attached hydrogens (tertiary/aromatic N) is 2. The van der Waals surface area contributed by atoms with Crippen LogP contribution >= 0.6 is 0 Å². The fraction of sp³-hybridized carbons (Fsp3) is 0.632. The Balaban J connectivity index is 1.42. The predicted molar refractivity (Wildman–Crippen MR) is 89.4 cm³/mol. The van der Waals surface area contributed by atoms with Crippen LogP contribution < -0.4 is 0 Å². The number of carbonyl (C=O) groups is 1. The molecule has 0 N–H and O–H groups in total. The van der Waals surface area contributed by atoms with Crippen LogP contribution in [0.5, 0.6) is 0 Å². The summed E-state index contributed by atoms with van der Waals surface area (Å²) in [4.78, 5) is 17.2. The van der Waals surface area contributed by atoms with Crippen LogP contribution in [0.3, 0.4) is 0 Å². The number of hydrogen-bond acceptors (Lipinski definition) is 3. The van der Waals surface area contributed by atoms with Crippen LogP contribution in [0.15, 0.2) is 24.3 Å². The van der Waals surface area contributed by atoms with E-state index in [1.807, 2.05) is 11.8 Å². The average Bonchev–Trinajstić information content (AvgIpc) is 3.30. The Morgan fingerprint density at radius 3 is 2.52 bits per heavy atom. The third-order valence-corrected chi connectivity index (χ3v) is 5.43. The number of hydrogen-bond donors (Lipinski definition) is 0. The van der Waals surface area contributed by atoms with Gasteiger partial charge in [0.2, 0.25) is 5.91 Å². The molecule has 0 aromatic heterocycles. The zero-order chi connectivity index (χ0) is 15.8. The molecule has 4 heteroatoms. The fourth-order valence-electron chi connectivity index (χ4n) is 4.03. The van der Waals surface area contributed by atoms with Gasteiger partial charge in [-0.25, -0.2) is 0 Å². The van der Waals surface area contributed by atoms with E-state index in [1.54, 1.807) is 0 Å². The van der Waals surface area contributed by atoms with Gasteiger partial charge < -0.3 is 9.64 Å². The summed E-state index contributed by atoms with van der Waals surface area (Å²) in [6.45, 7) is 4.78. The normalized spacial score (nSPS) is 25.0. The lowest BCUT2D eigenvalue weighted by Gasteiger charge is -2.35. The summed E-state index contributed by atoms with van der Waals surface area (Å²) in [5.74, 6) is 0.281. The Hall–Kier alpha value is -1.39. The van der Waals surface area contributed by atoms with Crippen LogP contribution in [0.2, 0.25) is 0 Å². The van der Waals surface area contributed by atoms with Gasteiger partial charge in [-0.1, -0.05) is 24.3 Å². The second-order valence-corrected chi connectivity index (χ2v) is 7.26. The number of rotatable bonds is 4. The first-order valence-corrected chi connectivity index (χ1v) is 8.92. The van der Waals surface area contributed by atoms with Crippen molar-refractivity contribution in [2.75, 3.05) is 26.2 Å². The molecule has 0 unspecified atom stereocenters. The van der Waals surface area contributed by atoms with Gasteiger partial charge in [-0.2, -0.15) is 0 Å². The van der Waals surface area contributed by atoms with Crippen molar-refractivity contribution in [1.82, 2.24) is 9.80 Å². The summed E-state index contributed by atoms with van der Waals surface area (Å²) in [7, 11) is 0. The van der Waals surface area contributed by atoms with Gasteiger partial charge in [0, 0.05) is 25.2 Å². The highest BCUT2D eigenvalue weighted by Gasteiger charge is 2.38. The Bertz CT molecular complexity index is 559. The molecule has 0 radical (unpaired) electrons. The topological polar surface area (TPSA) is 32.8 Å². The second-order valence-electron chi connectivity index (χ2n) is 7.26. The Labute approximate surface area is 138 Å². The van der Waals surface area contributed by atoms with E-state index >= 15 is 0 Å². The van der Waals surface area contributed by atoms with Crippen LogP contribution in [0, 0.1) is 0 Å². The summed E-state index contributed by atoms with van der Waals surface area (Å²) in [6.07, 6.45) is 4.86. The highest BCUT2D eigenvalue weighted by molar-refractivity contribution is 5.78. The standard InChI is InChI=1S/C19H26N2O2/c1-14-12-20(8-9-23-14)19(22)13-21(17-6-7-17)18-10-15-4-2-3-5-16(15)11-18/h2-5,14,17-18H,6-13H2,1H3/t14-/m0/s1. The van der Waals surface area contributed by atoms with Crippen LogP contribution in [0.1, 0.15) is 30.9 Å². The maximum atomic E-state index is 12.7. The maximum Gasteiger partial charge on any atom is 0.236 e. The lowest BCUT2D eigenvalue weighted by atomic mass is 10.1. The molecule has 1 aliphatic heterocycles. The number of carbonyl (C=O) groups excluding carboxylic acids is 1. The van der Waals surface area contributed by atoms with E-state index in [1.165, 1.54) is 24.0 Å². The number of benzene rings is 1. The predicted octanol–water partition coefficient (Wildman–Crippen LogP) is 1.87. The van der Waals surface area contributed by atoms with Gasteiger partial charge in [0.05, 0.1) is 19.3 Å². The molecule has 1 aromatic rings. The van der Waals surface area contributed by atoms with E-state index in [9.17, 15) is 4.79 Å². The molecule has 1 aromatic carbocycles. The number of fused-ring (bicyclic) bond motifs is 1. The van der Waals surface area contributed by atoms with Crippen LogP contribution in [0.4, 0.5) is 0 Å². The molecule has 0 bridgehead atoms. The van der Waals surface area contributed by atoms with E-state index < -0.39 is 0 Å². The number of ether oxygens (including phenoxy) is 1. The lowest BCUT2D eigenvalue weighted by Crippen LogP contribution is -2.50. The molecule has 2 aliphatic carbocycles. The largest absolute Gasteiger partial charge is 0.375 e. The van der Waals surface area contributed by atoms with E-state index in [0.717, 1.165) is 25.9 Å². The molecule has 1 atom stereocenters. The van der Waals surface area contributed by atoms with Crippen molar-refractivity contribution >= 4 is 5.91 Å². The lowest BCUT2D eigenvalue weighted by molar-refractivity contribution is -0.140. The Morgan fingerprint density at radius 2 is 1.91 bits per heavy atom. The van der Waals surface area contributed by atoms with Crippen LogP contribution in [-0.2, 0) is 22.4 Å². The summed E-state index contributed by atoms with van der Waals surface area (Å²) < 4.78 is 5.56. The number of amides is 1. The van der Waals surface area contributed by atoms with E-state index in [4.69, 9.17) is 4.74 Å². The number of morpholine rings is 1. The van der Waals surface area contributed by atoms with Crippen LogP contribution in [-0.4, -0.2) is 60.1 Å². The summed E-state index contributed by atoms with van der Waals surface area (Å²) >= 11 is 0. The molecular weight excluding hydrogens is 288 g/mol. The third kappa shape index (κ3) is 3.29. The van der Waals surface area contributed by atoms with Crippen molar-refractivity contribution in [3.63, 3.8) is 0 Å². The summed E-state index contributed by atoms with van der Waals surface area (Å²) in [5.41, 5.74) is 2.94. The maximum absolute atomic E-state index is 12.7. The third-order valence-electron chi connectivity index (χ3n) is 5.43. The van der Waals surface area contributed by atoms with Gasteiger partial charge in [0.15, 0.2) is 0 Å².